The van der Waals surface area contributed by atoms with E-state index >= 15 is 0 Å². The molecule has 5 atom stereocenters. The van der Waals surface area contributed by atoms with Crippen molar-refractivity contribution in [3.63, 3.8) is 0 Å². The maximum atomic E-state index is 10.4. The van der Waals surface area contributed by atoms with Gasteiger partial charge in [0.25, 0.3) is 0 Å². The van der Waals surface area contributed by atoms with Crippen molar-refractivity contribution in [2.75, 3.05) is 26.2 Å². The monoisotopic (exact) mass is 421 g/mol. The average molecular weight is 422 g/mol. The van der Waals surface area contributed by atoms with Gasteiger partial charge in [-0.15, -0.1) is 0 Å². The number of hydrogen-bond acceptors (Lipinski definition) is 5. The lowest BCUT2D eigenvalue weighted by Crippen LogP contribution is -2.38. The fraction of sp³-hybridized carbons (Fsp3) is 0.652. The van der Waals surface area contributed by atoms with E-state index in [-0.39, 0.29) is 12.0 Å². The molecule has 0 spiro atoms. The fourth-order valence-electron chi connectivity index (χ4n) is 4.17. The molecule has 1 saturated carbocycles. The van der Waals surface area contributed by atoms with E-state index in [0.717, 1.165) is 18.7 Å². The summed E-state index contributed by atoms with van der Waals surface area (Å²) >= 11 is 6.19. The zero-order valence-corrected chi connectivity index (χ0v) is 18.2. The van der Waals surface area contributed by atoms with Gasteiger partial charge in [0.2, 0.25) is 0 Å². The Bertz CT molecular complexity index is 748. The number of ether oxygens (including phenoxy) is 1. The number of rotatable bonds is 5. The van der Waals surface area contributed by atoms with Crippen LogP contribution in [0.15, 0.2) is 18.2 Å². The molecule has 1 heterocycles. The maximum Gasteiger partial charge on any atom is 0.122 e. The molecule has 1 aliphatic carbocycles. The van der Waals surface area contributed by atoms with Crippen LogP contribution in [0.4, 0.5) is 0 Å². The first-order valence-electron chi connectivity index (χ1n) is 10.3. The van der Waals surface area contributed by atoms with E-state index in [9.17, 15) is 15.3 Å². The van der Waals surface area contributed by atoms with Crippen molar-refractivity contribution in [3.8, 4) is 17.6 Å². The van der Waals surface area contributed by atoms with Crippen LogP contribution in [0.2, 0.25) is 5.02 Å². The standard InChI is InChI=1S/C23H32ClNO4/c1-23(2,3)5-4-15-6-18(24)10-20(7-15)29-14-19(26)13-25-11-16-8-21(27)22(28)9-17(16)12-25/h6-7,10,16-17,19,21-22,26-28H,8-9,11-14H2,1-3H3/t16-,17+,19?,21+,22-. The van der Waals surface area contributed by atoms with Crippen molar-refractivity contribution in [2.45, 2.75) is 51.9 Å². The number of benzene rings is 1. The largest absolute Gasteiger partial charge is 0.491 e. The molecule has 0 aromatic heterocycles. The van der Waals surface area contributed by atoms with Crippen LogP contribution in [0, 0.1) is 29.1 Å². The van der Waals surface area contributed by atoms with Crippen molar-refractivity contribution in [2.24, 2.45) is 17.3 Å². The Morgan fingerprint density at radius 2 is 1.76 bits per heavy atom. The third-order valence-electron chi connectivity index (χ3n) is 5.55. The van der Waals surface area contributed by atoms with E-state index in [0.29, 0.717) is 42.0 Å². The van der Waals surface area contributed by atoms with Crippen LogP contribution in [-0.4, -0.2) is 64.8 Å². The second kappa shape index (κ2) is 9.24. The Hall–Kier alpha value is -1.29. The lowest BCUT2D eigenvalue weighted by Gasteiger charge is -2.32. The smallest absolute Gasteiger partial charge is 0.122 e. The molecule has 1 unspecified atom stereocenters. The second-order valence-corrected chi connectivity index (χ2v) is 9.92. The highest BCUT2D eigenvalue weighted by atomic mass is 35.5. The molecule has 2 aliphatic rings. The van der Waals surface area contributed by atoms with Gasteiger partial charge in [-0.2, -0.15) is 0 Å². The highest BCUT2D eigenvalue weighted by molar-refractivity contribution is 6.30. The Balaban J connectivity index is 1.51. The Morgan fingerprint density at radius 3 is 2.34 bits per heavy atom. The molecule has 0 radical (unpaired) electrons. The lowest BCUT2D eigenvalue weighted by atomic mass is 9.79. The summed E-state index contributed by atoms with van der Waals surface area (Å²) in [6.45, 7) is 8.51. The van der Waals surface area contributed by atoms with E-state index in [2.05, 4.69) is 16.7 Å². The van der Waals surface area contributed by atoms with Gasteiger partial charge >= 0.3 is 0 Å². The summed E-state index contributed by atoms with van der Waals surface area (Å²) in [6.07, 6.45) is -0.607. The highest BCUT2D eigenvalue weighted by Crippen LogP contribution is 2.36. The first-order valence-corrected chi connectivity index (χ1v) is 10.7. The fourth-order valence-corrected chi connectivity index (χ4v) is 4.40. The number of fused-ring (bicyclic) bond motifs is 1. The van der Waals surface area contributed by atoms with Crippen LogP contribution < -0.4 is 4.74 Å². The minimum absolute atomic E-state index is 0.0987. The summed E-state index contributed by atoms with van der Waals surface area (Å²) in [5.41, 5.74) is 0.691. The number of aliphatic hydroxyl groups excluding tert-OH is 3. The van der Waals surface area contributed by atoms with E-state index in [4.69, 9.17) is 16.3 Å². The first-order chi connectivity index (χ1) is 13.6. The topological polar surface area (TPSA) is 73.2 Å². The van der Waals surface area contributed by atoms with Crippen LogP contribution in [0.5, 0.6) is 5.75 Å². The van der Waals surface area contributed by atoms with E-state index < -0.39 is 18.3 Å². The molecule has 2 fully saturated rings. The normalized spacial score (nSPS) is 28.4. The van der Waals surface area contributed by atoms with Gasteiger partial charge in [0.05, 0.1) is 12.2 Å². The molecule has 0 amide bonds. The summed E-state index contributed by atoms with van der Waals surface area (Å²) in [7, 11) is 0. The molecule has 0 bridgehead atoms. The highest BCUT2D eigenvalue weighted by Gasteiger charge is 2.41. The zero-order valence-electron chi connectivity index (χ0n) is 17.4. The maximum absolute atomic E-state index is 10.4. The molecular weight excluding hydrogens is 390 g/mol. The van der Waals surface area contributed by atoms with E-state index in [1.54, 1.807) is 12.1 Å². The van der Waals surface area contributed by atoms with E-state index in [1.165, 1.54) is 0 Å². The third-order valence-corrected chi connectivity index (χ3v) is 5.77. The van der Waals surface area contributed by atoms with Crippen molar-refractivity contribution >= 4 is 11.6 Å². The molecule has 6 heteroatoms. The molecule has 3 rings (SSSR count). The molecule has 29 heavy (non-hydrogen) atoms. The molecule has 1 aromatic carbocycles. The summed E-state index contributed by atoms with van der Waals surface area (Å²) in [5.74, 6) is 7.67. The van der Waals surface area contributed by atoms with Gasteiger partial charge in [-0.05, 0) is 63.6 Å². The summed E-state index contributed by atoms with van der Waals surface area (Å²) in [6, 6.07) is 5.37. The SMILES string of the molecule is CC(C)(C)C#Cc1cc(Cl)cc(OCC(O)CN2C[C@H]3C[C@H](O)[C@H](O)C[C@H]3C2)c1. The molecule has 1 aliphatic heterocycles. The Kier molecular flexibility index (Phi) is 7.14. The van der Waals surface area contributed by atoms with Crippen LogP contribution in [-0.2, 0) is 0 Å². The molecule has 1 saturated heterocycles. The van der Waals surface area contributed by atoms with Crippen molar-refractivity contribution in [1.82, 2.24) is 4.90 Å². The predicted octanol–water partition coefficient (Wildman–Crippen LogP) is 2.54. The Morgan fingerprint density at radius 1 is 1.14 bits per heavy atom. The minimum atomic E-state index is -0.631. The molecule has 5 nitrogen and oxygen atoms in total. The van der Waals surface area contributed by atoms with Gasteiger partial charge in [-0.3, -0.25) is 0 Å². The predicted molar refractivity (Wildman–Crippen MR) is 114 cm³/mol. The van der Waals surface area contributed by atoms with Gasteiger partial charge in [0.15, 0.2) is 0 Å². The van der Waals surface area contributed by atoms with E-state index in [1.807, 2.05) is 26.8 Å². The number of likely N-dealkylation sites (tertiary alicyclic amines) is 1. The number of β-amino-alcohol motifs (C(OH)–C–C–N with tert-alkyl or cyclic N) is 1. The second-order valence-electron chi connectivity index (χ2n) is 9.49. The Labute approximate surface area is 178 Å². The van der Waals surface area contributed by atoms with Crippen LogP contribution >= 0.6 is 11.6 Å². The minimum Gasteiger partial charge on any atom is -0.491 e. The van der Waals surface area contributed by atoms with Crippen LogP contribution in [0.3, 0.4) is 0 Å². The lowest BCUT2D eigenvalue weighted by molar-refractivity contribution is -0.0372. The van der Waals surface area contributed by atoms with Gasteiger partial charge < -0.3 is 25.0 Å². The van der Waals surface area contributed by atoms with Gasteiger partial charge in [0, 0.05) is 35.6 Å². The average Bonchev–Trinajstić information content (AvgIpc) is 2.98. The zero-order chi connectivity index (χ0) is 21.2. The first kappa shape index (κ1) is 22.4. The summed E-state index contributed by atoms with van der Waals surface area (Å²) < 4.78 is 5.78. The molecule has 160 valence electrons. The number of halogens is 1. The summed E-state index contributed by atoms with van der Waals surface area (Å²) in [4.78, 5) is 2.20. The van der Waals surface area contributed by atoms with Crippen molar-refractivity contribution in [1.29, 1.82) is 0 Å². The van der Waals surface area contributed by atoms with Gasteiger partial charge in [-0.25, -0.2) is 0 Å². The van der Waals surface area contributed by atoms with Gasteiger partial charge in [-0.1, -0.05) is 23.4 Å². The van der Waals surface area contributed by atoms with Crippen molar-refractivity contribution in [3.05, 3.63) is 28.8 Å². The molecule has 3 N–H and O–H groups in total. The molecular formula is C23H32ClNO4. The third kappa shape index (κ3) is 6.60. The van der Waals surface area contributed by atoms with Crippen molar-refractivity contribution < 1.29 is 20.1 Å². The quantitative estimate of drug-likeness (QED) is 0.637. The van der Waals surface area contributed by atoms with Gasteiger partial charge in [0.1, 0.15) is 18.5 Å². The molecule has 1 aromatic rings. The number of aliphatic hydroxyl groups is 3. The van der Waals surface area contributed by atoms with Crippen LogP contribution in [0.25, 0.3) is 0 Å². The number of hydrogen-bond donors (Lipinski definition) is 3. The summed E-state index contributed by atoms with van der Waals surface area (Å²) in [5, 5.41) is 30.7. The number of nitrogens with zero attached hydrogens (tertiary/aromatic N) is 1. The van der Waals surface area contributed by atoms with Crippen LogP contribution in [0.1, 0.15) is 39.2 Å².